The van der Waals surface area contributed by atoms with Crippen LogP contribution in [0.1, 0.15) is 19.4 Å². The highest BCUT2D eigenvalue weighted by atomic mass is 32.2. The van der Waals surface area contributed by atoms with Crippen molar-refractivity contribution in [1.82, 2.24) is 4.90 Å². The van der Waals surface area contributed by atoms with E-state index < -0.39 is 0 Å². The van der Waals surface area contributed by atoms with Crippen LogP contribution in [0.25, 0.3) is 0 Å². The Morgan fingerprint density at radius 1 is 1.00 bits per heavy atom. The number of anilines is 1. The molecule has 0 saturated carbocycles. The Balaban J connectivity index is 1.78. The van der Waals surface area contributed by atoms with E-state index in [1.54, 1.807) is 17.0 Å². The summed E-state index contributed by atoms with van der Waals surface area (Å²) in [6.07, 6.45) is 0. The van der Waals surface area contributed by atoms with Gasteiger partial charge in [-0.15, -0.1) is 11.8 Å². The Bertz CT molecular complexity index is 758. The van der Waals surface area contributed by atoms with E-state index in [2.05, 4.69) is 5.32 Å². The number of aryl methyl sites for hydroxylation is 1. The number of thioether (sulfide) groups is 1. The number of amides is 2. The Hall–Kier alpha value is -2.47. The zero-order valence-electron chi connectivity index (χ0n) is 16.0. The third kappa shape index (κ3) is 6.98. The van der Waals surface area contributed by atoms with Gasteiger partial charge in [-0.05, 0) is 62.7 Å². The number of nitrogens with zero attached hydrogens (tertiary/aromatic N) is 1. The summed E-state index contributed by atoms with van der Waals surface area (Å²) in [6, 6.07) is 15.1. The maximum absolute atomic E-state index is 12.0. The van der Waals surface area contributed by atoms with Crippen molar-refractivity contribution in [3.05, 3.63) is 54.1 Å². The highest BCUT2D eigenvalue weighted by Crippen LogP contribution is 2.23. The van der Waals surface area contributed by atoms with Crippen molar-refractivity contribution in [3.8, 4) is 11.5 Å². The first kappa shape index (κ1) is 20.8. The summed E-state index contributed by atoms with van der Waals surface area (Å²) in [6.45, 7) is 7.30. The molecule has 2 aromatic carbocycles. The molecular weight excluding hydrogens is 360 g/mol. The van der Waals surface area contributed by atoms with Gasteiger partial charge < -0.3 is 15.0 Å². The highest BCUT2D eigenvalue weighted by Gasteiger charge is 2.11. The molecule has 2 aromatic rings. The topological polar surface area (TPSA) is 58.6 Å². The minimum absolute atomic E-state index is 0.0652. The summed E-state index contributed by atoms with van der Waals surface area (Å²) >= 11 is 1.33. The fraction of sp³-hybridized carbons (Fsp3) is 0.333. The summed E-state index contributed by atoms with van der Waals surface area (Å²) in [7, 11) is 0. The molecule has 1 N–H and O–H groups in total. The third-order valence-corrected chi connectivity index (χ3v) is 4.86. The smallest absolute Gasteiger partial charge is 0.234 e. The number of rotatable bonds is 9. The SMILES string of the molecule is CCN(CC)C(=O)CSCC(=O)Nc1ccc(Oc2cccc(C)c2)cc1. The molecule has 2 amide bonds. The number of hydrogen-bond acceptors (Lipinski definition) is 4. The van der Waals surface area contributed by atoms with Crippen molar-refractivity contribution in [3.63, 3.8) is 0 Å². The van der Waals surface area contributed by atoms with Crippen LogP contribution in [0.3, 0.4) is 0 Å². The molecule has 2 rings (SSSR count). The number of carbonyl (C=O) groups excluding carboxylic acids is 2. The van der Waals surface area contributed by atoms with Crippen LogP contribution in [-0.4, -0.2) is 41.3 Å². The number of benzene rings is 2. The lowest BCUT2D eigenvalue weighted by Crippen LogP contribution is -2.32. The number of carbonyl (C=O) groups is 2. The molecular formula is C21H26N2O3S. The normalized spacial score (nSPS) is 10.3. The molecule has 0 atom stereocenters. The molecule has 5 nitrogen and oxygen atoms in total. The molecule has 144 valence electrons. The fourth-order valence-corrected chi connectivity index (χ4v) is 3.23. The molecule has 0 aliphatic heterocycles. The van der Waals surface area contributed by atoms with Crippen LogP contribution in [0.4, 0.5) is 5.69 Å². The van der Waals surface area contributed by atoms with E-state index in [9.17, 15) is 9.59 Å². The summed E-state index contributed by atoms with van der Waals surface area (Å²) in [5.41, 5.74) is 1.83. The van der Waals surface area contributed by atoms with E-state index in [1.165, 1.54) is 11.8 Å². The fourth-order valence-electron chi connectivity index (χ4n) is 2.52. The van der Waals surface area contributed by atoms with Gasteiger partial charge in [0.1, 0.15) is 11.5 Å². The predicted molar refractivity (Wildman–Crippen MR) is 112 cm³/mol. The van der Waals surface area contributed by atoms with E-state index in [-0.39, 0.29) is 17.6 Å². The average molecular weight is 387 g/mol. The van der Waals surface area contributed by atoms with Gasteiger partial charge in [-0.1, -0.05) is 12.1 Å². The standard InChI is InChI=1S/C21H26N2O3S/c1-4-23(5-2)21(25)15-27-14-20(24)22-17-9-11-18(12-10-17)26-19-8-6-7-16(3)13-19/h6-13H,4-5,14-15H2,1-3H3,(H,22,24). The lowest BCUT2D eigenvalue weighted by atomic mass is 10.2. The number of ether oxygens (including phenoxy) is 1. The quantitative estimate of drug-likeness (QED) is 0.697. The Morgan fingerprint density at radius 3 is 2.33 bits per heavy atom. The van der Waals surface area contributed by atoms with E-state index in [0.717, 1.165) is 11.3 Å². The van der Waals surface area contributed by atoms with Crippen LogP contribution >= 0.6 is 11.8 Å². The zero-order chi connectivity index (χ0) is 19.6. The molecule has 6 heteroatoms. The van der Waals surface area contributed by atoms with Crippen LogP contribution in [-0.2, 0) is 9.59 Å². The van der Waals surface area contributed by atoms with Gasteiger partial charge in [0.25, 0.3) is 0 Å². The predicted octanol–water partition coefficient (Wildman–Crippen LogP) is 4.33. The number of hydrogen-bond donors (Lipinski definition) is 1. The molecule has 0 aliphatic rings. The van der Waals surface area contributed by atoms with Crippen molar-refractivity contribution in [2.45, 2.75) is 20.8 Å². The summed E-state index contributed by atoms with van der Waals surface area (Å²) in [4.78, 5) is 25.7. The maximum atomic E-state index is 12.0. The first-order valence-corrected chi connectivity index (χ1v) is 10.2. The summed E-state index contributed by atoms with van der Waals surface area (Å²) in [5.74, 6) is 1.99. The Kier molecular flexibility index (Phi) is 8.20. The highest BCUT2D eigenvalue weighted by molar-refractivity contribution is 8.00. The molecule has 0 unspecified atom stereocenters. The van der Waals surface area contributed by atoms with Crippen molar-refractivity contribution in [1.29, 1.82) is 0 Å². The largest absolute Gasteiger partial charge is 0.457 e. The minimum Gasteiger partial charge on any atom is -0.457 e. The van der Waals surface area contributed by atoms with Crippen LogP contribution in [0.15, 0.2) is 48.5 Å². The molecule has 0 spiro atoms. The van der Waals surface area contributed by atoms with Crippen molar-refractivity contribution in [2.24, 2.45) is 0 Å². The van der Waals surface area contributed by atoms with Crippen LogP contribution in [0.5, 0.6) is 11.5 Å². The van der Waals surface area contributed by atoms with Crippen molar-refractivity contribution < 1.29 is 14.3 Å². The zero-order valence-corrected chi connectivity index (χ0v) is 16.8. The van der Waals surface area contributed by atoms with E-state index in [0.29, 0.717) is 30.3 Å². The molecule has 0 aliphatic carbocycles. The maximum Gasteiger partial charge on any atom is 0.234 e. The molecule has 0 heterocycles. The van der Waals surface area contributed by atoms with Crippen molar-refractivity contribution in [2.75, 3.05) is 29.9 Å². The third-order valence-electron chi connectivity index (χ3n) is 3.94. The molecule has 0 radical (unpaired) electrons. The van der Waals surface area contributed by atoms with Crippen LogP contribution < -0.4 is 10.1 Å². The average Bonchev–Trinajstić information content (AvgIpc) is 2.64. The molecule has 0 bridgehead atoms. The van der Waals surface area contributed by atoms with Crippen LogP contribution in [0, 0.1) is 6.92 Å². The first-order chi connectivity index (χ1) is 13.0. The Morgan fingerprint density at radius 2 is 1.70 bits per heavy atom. The van der Waals surface area contributed by atoms with Gasteiger partial charge in [0.05, 0.1) is 11.5 Å². The van der Waals surface area contributed by atoms with Gasteiger partial charge >= 0.3 is 0 Å². The second kappa shape index (κ2) is 10.6. The monoisotopic (exact) mass is 386 g/mol. The molecule has 0 aromatic heterocycles. The Labute approximate surface area is 165 Å². The van der Waals surface area contributed by atoms with Gasteiger partial charge in [-0.25, -0.2) is 0 Å². The van der Waals surface area contributed by atoms with Gasteiger partial charge in [-0.2, -0.15) is 0 Å². The minimum atomic E-state index is -0.125. The number of nitrogens with one attached hydrogen (secondary N) is 1. The lowest BCUT2D eigenvalue weighted by molar-refractivity contribution is -0.127. The lowest BCUT2D eigenvalue weighted by Gasteiger charge is -2.18. The molecule has 27 heavy (non-hydrogen) atoms. The molecule has 0 fully saturated rings. The van der Waals surface area contributed by atoms with Gasteiger partial charge in [0.2, 0.25) is 11.8 Å². The van der Waals surface area contributed by atoms with Crippen LogP contribution in [0.2, 0.25) is 0 Å². The van der Waals surface area contributed by atoms with E-state index in [4.69, 9.17) is 4.74 Å². The van der Waals surface area contributed by atoms with E-state index in [1.807, 2.05) is 57.2 Å². The van der Waals surface area contributed by atoms with Crippen molar-refractivity contribution >= 4 is 29.3 Å². The first-order valence-electron chi connectivity index (χ1n) is 9.01. The van der Waals surface area contributed by atoms with Gasteiger partial charge in [0, 0.05) is 18.8 Å². The summed E-state index contributed by atoms with van der Waals surface area (Å²) in [5, 5.41) is 2.83. The van der Waals surface area contributed by atoms with E-state index >= 15 is 0 Å². The second-order valence-corrected chi connectivity index (χ2v) is 7.04. The van der Waals surface area contributed by atoms with Gasteiger partial charge in [0.15, 0.2) is 0 Å². The van der Waals surface area contributed by atoms with Gasteiger partial charge in [-0.3, -0.25) is 9.59 Å². The second-order valence-electron chi connectivity index (χ2n) is 6.05. The summed E-state index contributed by atoms with van der Waals surface area (Å²) < 4.78 is 5.80. The molecule has 0 saturated heterocycles.